The molecule has 0 saturated carbocycles. The van der Waals surface area contributed by atoms with Crippen LogP contribution in [0.15, 0.2) is 47.7 Å². The van der Waals surface area contributed by atoms with Crippen molar-refractivity contribution < 1.29 is 28.5 Å². The van der Waals surface area contributed by atoms with E-state index in [9.17, 15) is 9.59 Å². The van der Waals surface area contributed by atoms with E-state index in [1.807, 2.05) is 24.3 Å². The van der Waals surface area contributed by atoms with E-state index in [1.54, 1.807) is 17.0 Å². The summed E-state index contributed by atoms with van der Waals surface area (Å²) in [7, 11) is 4.59. The van der Waals surface area contributed by atoms with Gasteiger partial charge in [0.1, 0.15) is 6.61 Å². The number of carbonyl (C=O) groups is 2. The Kier molecular flexibility index (Phi) is 5.59. The molecule has 0 N–H and O–H groups in total. The quantitative estimate of drug-likeness (QED) is 0.661. The molecule has 31 heavy (non-hydrogen) atoms. The van der Waals surface area contributed by atoms with Crippen LogP contribution in [0.5, 0.6) is 17.2 Å². The van der Waals surface area contributed by atoms with Crippen molar-refractivity contribution in [3.63, 3.8) is 0 Å². The lowest BCUT2D eigenvalue weighted by molar-refractivity contribution is -0.136. The zero-order chi connectivity index (χ0) is 22.1. The van der Waals surface area contributed by atoms with Crippen molar-refractivity contribution in [3.05, 3.63) is 58.8 Å². The number of carbonyl (C=O) groups excluding carboxylic acids is 2. The van der Waals surface area contributed by atoms with Gasteiger partial charge in [-0.05, 0) is 41.8 Å². The van der Waals surface area contributed by atoms with Crippen LogP contribution >= 0.6 is 0 Å². The summed E-state index contributed by atoms with van der Waals surface area (Å²) in [6.07, 6.45) is 1.04. The maximum atomic E-state index is 13.3. The van der Waals surface area contributed by atoms with Crippen LogP contribution in [0.3, 0.4) is 0 Å². The van der Waals surface area contributed by atoms with Gasteiger partial charge < -0.3 is 18.9 Å². The van der Waals surface area contributed by atoms with Gasteiger partial charge in [-0.3, -0.25) is 9.69 Å². The highest BCUT2D eigenvalue weighted by Crippen LogP contribution is 2.46. The predicted octanol–water partition coefficient (Wildman–Crippen LogP) is 3.61. The largest absolute Gasteiger partial charge is 0.493 e. The lowest BCUT2D eigenvalue weighted by Crippen LogP contribution is -2.37. The molecule has 0 spiro atoms. The summed E-state index contributed by atoms with van der Waals surface area (Å²) in [6, 6.07) is 11.4. The Morgan fingerprint density at radius 2 is 1.65 bits per heavy atom. The molecule has 1 atom stereocenters. The van der Waals surface area contributed by atoms with Crippen LogP contribution in [-0.2, 0) is 20.7 Å². The van der Waals surface area contributed by atoms with Crippen LogP contribution < -0.4 is 19.1 Å². The van der Waals surface area contributed by atoms with Crippen molar-refractivity contribution in [3.8, 4) is 17.2 Å². The standard InChI is InChI=1S/C24H25NO6/c1-5-14-6-8-16(9-7-14)25-18-13-31-24(27)22(18)17(12-21(25)26)15-10-19(28-2)23(30-4)20(11-15)29-3/h6-11,17H,5,12-13H2,1-4H3/t17-/m1/s1. The summed E-state index contributed by atoms with van der Waals surface area (Å²) in [5.41, 5.74) is 3.72. The Morgan fingerprint density at radius 1 is 1.00 bits per heavy atom. The Bertz CT molecular complexity index is 1030. The first-order chi connectivity index (χ1) is 15.0. The molecular weight excluding hydrogens is 398 g/mol. The molecule has 7 nitrogen and oxygen atoms in total. The fourth-order valence-corrected chi connectivity index (χ4v) is 4.22. The summed E-state index contributed by atoms with van der Waals surface area (Å²) in [6.45, 7) is 2.14. The predicted molar refractivity (Wildman–Crippen MR) is 115 cm³/mol. The minimum atomic E-state index is -0.461. The van der Waals surface area contributed by atoms with Crippen LogP contribution in [0, 0.1) is 0 Å². The second-order valence-electron chi connectivity index (χ2n) is 7.40. The van der Waals surface area contributed by atoms with Crippen molar-refractivity contribution in [2.75, 3.05) is 32.8 Å². The zero-order valence-electron chi connectivity index (χ0n) is 18.1. The van der Waals surface area contributed by atoms with Crippen LogP contribution in [-0.4, -0.2) is 39.8 Å². The zero-order valence-corrected chi connectivity index (χ0v) is 18.1. The van der Waals surface area contributed by atoms with Gasteiger partial charge in [-0.1, -0.05) is 19.1 Å². The monoisotopic (exact) mass is 423 g/mol. The number of nitrogens with zero attached hydrogens (tertiary/aromatic N) is 1. The van der Waals surface area contributed by atoms with Crippen LogP contribution in [0.4, 0.5) is 5.69 Å². The Balaban J connectivity index is 1.82. The second kappa shape index (κ2) is 8.34. The second-order valence-corrected chi connectivity index (χ2v) is 7.40. The molecule has 0 fully saturated rings. The number of methoxy groups -OCH3 is 3. The summed E-state index contributed by atoms with van der Waals surface area (Å²) in [5, 5.41) is 0. The van der Waals surface area contributed by atoms with Gasteiger partial charge in [0, 0.05) is 18.0 Å². The first-order valence-corrected chi connectivity index (χ1v) is 10.1. The number of aryl methyl sites for hydroxylation is 1. The minimum Gasteiger partial charge on any atom is -0.493 e. The fourth-order valence-electron chi connectivity index (χ4n) is 4.22. The average molecular weight is 423 g/mol. The molecule has 2 aromatic carbocycles. The van der Waals surface area contributed by atoms with E-state index >= 15 is 0 Å². The number of benzene rings is 2. The number of rotatable bonds is 6. The van der Waals surface area contributed by atoms with E-state index < -0.39 is 11.9 Å². The van der Waals surface area contributed by atoms with Crippen LogP contribution in [0.2, 0.25) is 0 Å². The topological polar surface area (TPSA) is 74.3 Å². The fraction of sp³-hybridized carbons (Fsp3) is 0.333. The highest BCUT2D eigenvalue weighted by molar-refractivity contribution is 6.06. The van der Waals surface area contributed by atoms with Crippen molar-refractivity contribution in [2.24, 2.45) is 0 Å². The van der Waals surface area contributed by atoms with E-state index in [0.717, 1.165) is 17.7 Å². The molecule has 0 saturated heterocycles. The van der Waals surface area contributed by atoms with Gasteiger partial charge in [0.25, 0.3) is 0 Å². The minimum absolute atomic E-state index is 0.0658. The number of amides is 1. The molecule has 1 amide bonds. The van der Waals surface area contributed by atoms with Gasteiger partial charge >= 0.3 is 5.97 Å². The number of anilines is 1. The molecule has 0 unspecified atom stereocenters. The number of hydrogen-bond donors (Lipinski definition) is 0. The molecule has 162 valence electrons. The van der Waals surface area contributed by atoms with E-state index in [1.165, 1.54) is 26.9 Å². The highest BCUT2D eigenvalue weighted by atomic mass is 16.5. The van der Waals surface area contributed by atoms with Crippen LogP contribution in [0.1, 0.15) is 30.4 Å². The molecule has 4 rings (SSSR count). The maximum absolute atomic E-state index is 13.3. The Morgan fingerprint density at radius 3 is 2.19 bits per heavy atom. The number of esters is 1. The van der Waals surface area contributed by atoms with Gasteiger partial charge in [0.15, 0.2) is 11.5 Å². The normalized spacial score (nSPS) is 18.1. The number of ether oxygens (including phenoxy) is 4. The smallest absolute Gasteiger partial charge is 0.336 e. The molecule has 0 bridgehead atoms. The third-order valence-corrected chi connectivity index (χ3v) is 5.81. The molecule has 2 aliphatic heterocycles. The Hall–Kier alpha value is -3.48. The summed E-state index contributed by atoms with van der Waals surface area (Å²) in [4.78, 5) is 27.6. The lowest BCUT2D eigenvalue weighted by atomic mass is 9.83. The molecule has 2 heterocycles. The van der Waals surface area contributed by atoms with Gasteiger partial charge in [-0.15, -0.1) is 0 Å². The maximum Gasteiger partial charge on any atom is 0.336 e. The summed E-state index contributed by atoms with van der Waals surface area (Å²) < 4.78 is 21.7. The van der Waals surface area contributed by atoms with Gasteiger partial charge in [-0.2, -0.15) is 0 Å². The molecule has 0 aromatic heterocycles. The summed E-state index contributed by atoms with van der Waals surface area (Å²) >= 11 is 0. The molecular formula is C24H25NO6. The van der Waals surface area contributed by atoms with E-state index in [-0.39, 0.29) is 18.9 Å². The summed E-state index contributed by atoms with van der Waals surface area (Å²) in [5.74, 6) is 0.427. The van der Waals surface area contributed by atoms with E-state index in [2.05, 4.69) is 6.92 Å². The van der Waals surface area contributed by atoms with Crippen molar-refractivity contribution in [1.82, 2.24) is 0 Å². The third-order valence-electron chi connectivity index (χ3n) is 5.81. The average Bonchev–Trinajstić information content (AvgIpc) is 3.18. The molecule has 0 radical (unpaired) electrons. The lowest BCUT2D eigenvalue weighted by Gasteiger charge is -2.32. The molecule has 2 aromatic rings. The number of cyclic esters (lactones) is 1. The molecule has 0 aliphatic carbocycles. The van der Waals surface area contributed by atoms with Crippen molar-refractivity contribution in [2.45, 2.75) is 25.7 Å². The third kappa shape index (κ3) is 3.50. The van der Waals surface area contributed by atoms with Crippen molar-refractivity contribution >= 4 is 17.6 Å². The SMILES string of the molecule is CCc1ccc(N2C(=O)C[C@H](c3cc(OC)c(OC)c(OC)c3)C3=C2COC3=O)cc1. The van der Waals surface area contributed by atoms with Gasteiger partial charge in [0.05, 0.1) is 32.6 Å². The Labute approximate surface area is 181 Å². The molecule has 7 heteroatoms. The van der Waals surface area contributed by atoms with Crippen molar-refractivity contribution in [1.29, 1.82) is 0 Å². The van der Waals surface area contributed by atoms with Gasteiger partial charge in [0.2, 0.25) is 11.7 Å². The van der Waals surface area contributed by atoms with Gasteiger partial charge in [-0.25, -0.2) is 4.79 Å². The van der Waals surface area contributed by atoms with Crippen LogP contribution in [0.25, 0.3) is 0 Å². The first-order valence-electron chi connectivity index (χ1n) is 10.1. The highest BCUT2D eigenvalue weighted by Gasteiger charge is 2.43. The molecule has 2 aliphatic rings. The van der Waals surface area contributed by atoms with E-state index in [4.69, 9.17) is 18.9 Å². The first kappa shape index (κ1) is 20.8. The number of hydrogen-bond acceptors (Lipinski definition) is 6. The van der Waals surface area contributed by atoms with E-state index in [0.29, 0.717) is 28.5 Å².